The number of carbonyl (C=O) groups is 1. The van der Waals surface area contributed by atoms with Crippen molar-refractivity contribution < 1.29 is 4.79 Å². The molecule has 2 N–H and O–H groups in total. The SMILES string of the molecule is CC(C)[C@H](N)C(=O)N1CCN(Cc2ccc(Br)s2)CC1.Cl. The summed E-state index contributed by atoms with van der Waals surface area (Å²) in [7, 11) is 0. The second-order valence-corrected chi connectivity index (χ2v) is 8.12. The van der Waals surface area contributed by atoms with Gasteiger partial charge in [0.25, 0.3) is 0 Å². The van der Waals surface area contributed by atoms with Crippen LogP contribution in [0.4, 0.5) is 0 Å². The van der Waals surface area contributed by atoms with Crippen LogP contribution >= 0.6 is 39.7 Å². The quantitative estimate of drug-likeness (QED) is 0.851. The molecule has 0 radical (unpaired) electrons. The molecule has 2 heterocycles. The molecule has 1 atom stereocenters. The maximum Gasteiger partial charge on any atom is 0.239 e. The number of hydrogen-bond acceptors (Lipinski definition) is 4. The molecule has 0 unspecified atom stereocenters. The highest BCUT2D eigenvalue weighted by atomic mass is 79.9. The number of thiophene rings is 1. The summed E-state index contributed by atoms with van der Waals surface area (Å²) in [4.78, 5) is 17.8. The van der Waals surface area contributed by atoms with E-state index in [0.29, 0.717) is 0 Å². The lowest BCUT2D eigenvalue weighted by Gasteiger charge is -2.36. The zero-order valence-electron chi connectivity index (χ0n) is 12.4. The lowest BCUT2D eigenvalue weighted by Crippen LogP contribution is -2.54. The Morgan fingerprint density at radius 2 is 1.95 bits per heavy atom. The number of halogens is 2. The highest BCUT2D eigenvalue weighted by Crippen LogP contribution is 2.23. The van der Waals surface area contributed by atoms with E-state index in [1.807, 2.05) is 18.7 Å². The Morgan fingerprint density at radius 1 is 1.33 bits per heavy atom. The zero-order valence-corrected chi connectivity index (χ0v) is 15.6. The fourth-order valence-electron chi connectivity index (χ4n) is 2.28. The summed E-state index contributed by atoms with van der Waals surface area (Å²) in [6.07, 6.45) is 0. The minimum atomic E-state index is -0.366. The summed E-state index contributed by atoms with van der Waals surface area (Å²) >= 11 is 5.26. The Hall–Kier alpha value is -0.140. The van der Waals surface area contributed by atoms with Gasteiger partial charge in [0.2, 0.25) is 5.91 Å². The second-order valence-electron chi connectivity index (χ2n) is 5.58. The van der Waals surface area contributed by atoms with Crippen LogP contribution in [-0.4, -0.2) is 47.9 Å². The Bertz CT molecular complexity index is 461. The van der Waals surface area contributed by atoms with Crippen LogP contribution in [0.15, 0.2) is 15.9 Å². The van der Waals surface area contributed by atoms with Crippen LogP contribution in [0.25, 0.3) is 0 Å². The molecule has 7 heteroatoms. The molecule has 1 amide bonds. The van der Waals surface area contributed by atoms with Crippen molar-refractivity contribution >= 4 is 45.6 Å². The zero-order chi connectivity index (χ0) is 14.7. The molecular weight excluding hydrogens is 374 g/mol. The van der Waals surface area contributed by atoms with Gasteiger partial charge in [-0.25, -0.2) is 0 Å². The number of piperazine rings is 1. The molecule has 0 spiro atoms. The average Bonchev–Trinajstić information content (AvgIpc) is 2.83. The van der Waals surface area contributed by atoms with Crippen molar-refractivity contribution in [2.75, 3.05) is 26.2 Å². The van der Waals surface area contributed by atoms with Crippen LogP contribution in [0, 0.1) is 5.92 Å². The lowest BCUT2D eigenvalue weighted by atomic mass is 10.0. The van der Waals surface area contributed by atoms with Gasteiger partial charge in [-0.1, -0.05) is 13.8 Å². The molecule has 0 aromatic carbocycles. The van der Waals surface area contributed by atoms with E-state index >= 15 is 0 Å². The van der Waals surface area contributed by atoms with Gasteiger partial charge in [0.15, 0.2) is 0 Å². The first kappa shape index (κ1) is 18.9. The van der Waals surface area contributed by atoms with E-state index in [9.17, 15) is 4.79 Å². The predicted octanol–water partition coefficient (Wildman–Crippen LogP) is 2.56. The lowest BCUT2D eigenvalue weighted by molar-refractivity contribution is -0.135. The number of hydrogen-bond donors (Lipinski definition) is 1. The third-order valence-corrected chi connectivity index (χ3v) is 5.30. The summed E-state index contributed by atoms with van der Waals surface area (Å²) < 4.78 is 1.17. The van der Waals surface area contributed by atoms with Crippen LogP contribution in [0.5, 0.6) is 0 Å². The molecule has 4 nitrogen and oxygen atoms in total. The molecule has 1 aromatic rings. The van der Waals surface area contributed by atoms with Crippen molar-refractivity contribution in [3.05, 3.63) is 20.8 Å². The molecule has 1 fully saturated rings. The van der Waals surface area contributed by atoms with Crippen molar-refractivity contribution in [1.82, 2.24) is 9.80 Å². The summed E-state index contributed by atoms with van der Waals surface area (Å²) in [6, 6.07) is 3.87. The third kappa shape index (κ3) is 5.21. The molecular formula is C14H23BrClN3OS. The maximum atomic E-state index is 12.2. The molecule has 0 aliphatic carbocycles. The third-order valence-electron chi connectivity index (χ3n) is 3.70. The van der Waals surface area contributed by atoms with E-state index in [4.69, 9.17) is 5.73 Å². The normalized spacial score (nSPS) is 17.7. The van der Waals surface area contributed by atoms with E-state index in [1.54, 1.807) is 11.3 Å². The second kappa shape index (κ2) is 8.48. The molecule has 21 heavy (non-hydrogen) atoms. The minimum absolute atomic E-state index is 0. The predicted molar refractivity (Wildman–Crippen MR) is 93.9 cm³/mol. The molecule has 2 rings (SSSR count). The number of nitrogens with zero attached hydrogens (tertiary/aromatic N) is 2. The number of amides is 1. The number of rotatable bonds is 4. The smallest absolute Gasteiger partial charge is 0.239 e. The van der Waals surface area contributed by atoms with Crippen LogP contribution < -0.4 is 5.73 Å². The van der Waals surface area contributed by atoms with Crippen molar-refractivity contribution in [3.8, 4) is 0 Å². The van der Waals surface area contributed by atoms with Crippen molar-refractivity contribution in [2.24, 2.45) is 11.7 Å². The van der Waals surface area contributed by atoms with E-state index in [0.717, 1.165) is 32.7 Å². The summed E-state index contributed by atoms with van der Waals surface area (Å²) in [5.41, 5.74) is 5.94. The van der Waals surface area contributed by atoms with Gasteiger partial charge >= 0.3 is 0 Å². The summed E-state index contributed by atoms with van der Waals surface area (Å²) in [5.74, 6) is 0.294. The number of carbonyl (C=O) groups excluding carboxylic acids is 1. The molecule has 1 aromatic heterocycles. The van der Waals surface area contributed by atoms with E-state index in [1.165, 1.54) is 8.66 Å². The van der Waals surface area contributed by atoms with Gasteiger partial charge < -0.3 is 10.6 Å². The Labute approximate surface area is 145 Å². The highest BCUT2D eigenvalue weighted by Gasteiger charge is 2.26. The van der Waals surface area contributed by atoms with Gasteiger partial charge in [0, 0.05) is 37.6 Å². The first-order chi connectivity index (χ1) is 9.47. The van der Waals surface area contributed by atoms with Crippen molar-refractivity contribution in [1.29, 1.82) is 0 Å². The monoisotopic (exact) mass is 395 g/mol. The van der Waals surface area contributed by atoms with E-state index in [-0.39, 0.29) is 30.3 Å². The van der Waals surface area contributed by atoms with Crippen molar-refractivity contribution in [2.45, 2.75) is 26.4 Å². The van der Waals surface area contributed by atoms with Gasteiger partial charge in [-0.3, -0.25) is 9.69 Å². The Morgan fingerprint density at radius 3 is 2.43 bits per heavy atom. The van der Waals surface area contributed by atoms with Gasteiger partial charge in [0.05, 0.1) is 9.83 Å². The summed E-state index contributed by atoms with van der Waals surface area (Å²) in [6.45, 7) is 8.37. The molecule has 0 bridgehead atoms. The minimum Gasteiger partial charge on any atom is -0.339 e. The highest BCUT2D eigenvalue weighted by molar-refractivity contribution is 9.11. The van der Waals surface area contributed by atoms with E-state index < -0.39 is 0 Å². The average molecular weight is 397 g/mol. The number of nitrogens with two attached hydrogens (primary N) is 1. The largest absolute Gasteiger partial charge is 0.339 e. The van der Waals surface area contributed by atoms with E-state index in [2.05, 4.69) is 33.0 Å². The molecule has 120 valence electrons. The Balaban J connectivity index is 0.00000220. The van der Waals surface area contributed by atoms with Crippen LogP contribution in [0.1, 0.15) is 18.7 Å². The van der Waals surface area contributed by atoms with Gasteiger partial charge in [-0.05, 0) is 34.0 Å². The fraction of sp³-hybridized carbons (Fsp3) is 0.643. The first-order valence-electron chi connectivity index (χ1n) is 6.98. The van der Waals surface area contributed by atoms with Crippen LogP contribution in [0.3, 0.4) is 0 Å². The first-order valence-corrected chi connectivity index (χ1v) is 8.59. The molecule has 1 saturated heterocycles. The Kier molecular flexibility index (Phi) is 7.64. The topological polar surface area (TPSA) is 49.6 Å². The fourth-order valence-corrected chi connectivity index (χ4v) is 3.81. The summed E-state index contributed by atoms with van der Waals surface area (Å²) in [5, 5.41) is 0. The van der Waals surface area contributed by atoms with Gasteiger partial charge in [-0.15, -0.1) is 23.7 Å². The van der Waals surface area contributed by atoms with Gasteiger partial charge in [0.1, 0.15) is 0 Å². The standard InChI is InChI=1S/C14H22BrN3OS.ClH/c1-10(2)13(16)14(19)18-7-5-17(6-8-18)9-11-3-4-12(15)20-11;/h3-4,10,13H,5-9,16H2,1-2H3;1H/t13-;/m0./s1. The van der Waals surface area contributed by atoms with Gasteiger partial charge in [-0.2, -0.15) is 0 Å². The van der Waals surface area contributed by atoms with Crippen LogP contribution in [0.2, 0.25) is 0 Å². The van der Waals surface area contributed by atoms with Crippen LogP contribution in [-0.2, 0) is 11.3 Å². The van der Waals surface area contributed by atoms with Crippen molar-refractivity contribution in [3.63, 3.8) is 0 Å². The molecule has 1 aliphatic rings. The molecule has 1 aliphatic heterocycles. The molecule has 0 saturated carbocycles. The maximum absolute atomic E-state index is 12.2.